The SMILES string of the molecule is Cc1cc(C(=O)O)cnc1N(Cc1cccs1)C1CC1. The number of carbonyl (C=O) groups is 1. The molecule has 5 heteroatoms. The first-order valence-corrected chi connectivity index (χ1v) is 7.52. The zero-order chi connectivity index (χ0) is 14.1. The molecule has 0 unspecified atom stereocenters. The van der Waals surface area contributed by atoms with E-state index in [-0.39, 0.29) is 5.56 Å². The highest BCUT2D eigenvalue weighted by atomic mass is 32.1. The fourth-order valence-electron chi connectivity index (χ4n) is 2.32. The Balaban J connectivity index is 1.89. The van der Waals surface area contributed by atoms with Crippen molar-refractivity contribution >= 4 is 23.1 Å². The third-order valence-corrected chi connectivity index (χ3v) is 4.32. The van der Waals surface area contributed by atoms with E-state index in [1.807, 2.05) is 6.92 Å². The number of nitrogens with zero attached hydrogens (tertiary/aromatic N) is 2. The van der Waals surface area contributed by atoms with Crippen LogP contribution < -0.4 is 4.90 Å². The van der Waals surface area contributed by atoms with Gasteiger partial charge in [0, 0.05) is 17.1 Å². The number of aromatic nitrogens is 1. The van der Waals surface area contributed by atoms with Gasteiger partial charge in [-0.2, -0.15) is 0 Å². The summed E-state index contributed by atoms with van der Waals surface area (Å²) in [7, 11) is 0. The van der Waals surface area contributed by atoms with Crippen molar-refractivity contribution in [2.75, 3.05) is 4.90 Å². The molecule has 20 heavy (non-hydrogen) atoms. The van der Waals surface area contributed by atoms with Crippen LogP contribution in [0.2, 0.25) is 0 Å². The lowest BCUT2D eigenvalue weighted by Crippen LogP contribution is -2.26. The van der Waals surface area contributed by atoms with Crippen LogP contribution in [-0.2, 0) is 6.54 Å². The van der Waals surface area contributed by atoms with E-state index in [0.717, 1.165) is 17.9 Å². The number of aryl methyl sites for hydroxylation is 1. The summed E-state index contributed by atoms with van der Waals surface area (Å²) in [6.07, 6.45) is 3.83. The van der Waals surface area contributed by atoms with Crippen molar-refractivity contribution in [1.82, 2.24) is 4.98 Å². The summed E-state index contributed by atoms with van der Waals surface area (Å²) in [4.78, 5) is 19.0. The average Bonchev–Trinajstić information content (AvgIpc) is 3.14. The van der Waals surface area contributed by atoms with Crippen LogP contribution in [0.3, 0.4) is 0 Å². The highest BCUT2D eigenvalue weighted by molar-refractivity contribution is 7.09. The Bertz CT molecular complexity index is 621. The molecule has 0 atom stereocenters. The van der Waals surface area contributed by atoms with E-state index in [1.54, 1.807) is 17.4 Å². The Labute approximate surface area is 121 Å². The molecule has 0 spiro atoms. The van der Waals surface area contributed by atoms with Crippen LogP contribution in [0.1, 0.15) is 33.6 Å². The first kappa shape index (κ1) is 13.1. The molecular formula is C15H16N2O2S. The van der Waals surface area contributed by atoms with Gasteiger partial charge in [-0.25, -0.2) is 9.78 Å². The van der Waals surface area contributed by atoms with E-state index in [9.17, 15) is 4.79 Å². The minimum Gasteiger partial charge on any atom is -0.478 e. The van der Waals surface area contributed by atoms with Gasteiger partial charge in [0.25, 0.3) is 0 Å². The predicted octanol–water partition coefficient (Wildman–Crippen LogP) is 3.32. The molecule has 0 aromatic carbocycles. The van der Waals surface area contributed by atoms with Gasteiger partial charge in [0.15, 0.2) is 0 Å². The third kappa shape index (κ3) is 2.67. The van der Waals surface area contributed by atoms with Crippen LogP contribution in [-0.4, -0.2) is 22.1 Å². The number of hydrogen-bond donors (Lipinski definition) is 1. The van der Waals surface area contributed by atoms with Crippen LogP contribution in [0, 0.1) is 6.92 Å². The Morgan fingerprint density at radius 2 is 2.35 bits per heavy atom. The summed E-state index contributed by atoms with van der Waals surface area (Å²) in [5.41, 5.74) is 1.17. The zero-order valence-electron chi connectivity index (χ0n) is 11.2. The lowest BCUT2D eigenvalue weighted by Gasteiger charge is -2.24. The van der Waals surface area contributed by atoms with Crippen LogP contribution in [0.5, 0.6) is 0 Å². The van der Waals surface area contributed by atoms with E-state index in [0.29, 0.717) is 6.04 Å². The number of carboxylic acid groups (broad SMARTS) is 1. The summed E-state index contributed by atoms with van der Waals surface area (Å²) in [6.45, 7) is 2.78. The number of rotatable bonds is 5. The molecule has 0 aliphatic heterocycles. The smallest absolute Gasteiger partial charge is 0.337 e. The number of hydrogen-bond acceptors (Lipinski definition) is 4. The Hall–Kier alpha value is -1.88. The Morgan fingerprint density at radius 3 is 2.90 bits per heavy atom. The van der Waals surface area contributed by atoms with Crippen LogP contribution in [0.15, 0.2) is 29.8 Å². The lowest BCUT2D eigenvalue weighted by atomic mass is 10.2. The van der Waals surface area contributed by atoms with Crippen molar-refractivity contribution in [2.24, 2.45) is 0 Å². The molecular weight excluding hydrogens is 272 g/mol. The van der Waals surface area contributed by atoms with Gasteiger partial charge in [0.1, 0.15) is 5.82 Å². The summed E-state index contributed by atoms with van der Waals surface area (Å²) < 4.78 is 0. The van der Waals surface area contributed by atoms with Crippen molar-refractivity contribution in [3.8, 4) is 0 Å². The molecule has 2 aromatic rings. The molecule has 1 saturated carbocycles. The molecule has 0 saturated heterocycles. The Morgan fingerprint density at radius 1 is 1.55 bits per heavy atom. The van der Waals surface area contributed by atoms with Crippen molar-refractivity contribution in [1.29, 1.82) is 0 Å². The number of carboxylic acids is 1. The predicted molar refractivity (Wildman–Crippen MR) is 79.5 cm³/mol. The number of aromatic carboxylic acids is 1. The standard InChI is InChI=1S/C15H16N2O2S/c1-10-7-11(15(18)19)8-16-14(10)17(12-4-5-12)9-13-3-2-6-20-13/h2-3,6-8,12H,4-5,9H2,1H3,(H,18,19). The molecule has 1 aliphatic rings. The summed E-state index contributed by atoms with van der Waals surface area (Å²) in [5, 5.41) is 11.1. The second-order valence-electron chi connectivity index (χ2n) is 5.11. The summed E-state index contributed by atoms with van der Waals surface area (Å²) in [6, 6.07) is 6.42. The molecule has 1 aliphatic carbocycles. The number of anilines is 1. The van der Waals surface area contributed by atoms with Crippen LogP contribution in [0.4, 0.5) is 5.82 Å². The van der Waals surface area contributed by atoms with Gasteiger partial charge in [-0.1, -0.05) is 6.07 Å². The minimum absolute atomic E-state index is 0.248. The highest BCUT2D eigenvalue weighted by Crippen LogP contribution is 2.34. The first-order chi connectivity index (χ1) is 9.65. The topological polar surface area (TPSA) is 53.4 Å². The molecule has 0 radical (unpaired) electrons. The van der Waals surface area contributed by atoms with Gasteiger partial charge >= 0.3 is 5.97 Å². The van der Waals surface area contributed by atoms with E-state index in [2.05, 4.69) is 27.4 Å². The molecule has 3 rings (SSSR count). The normalized spacial score (nSPS) is 14.2. The molecule has 0 amide bonds. The first-order valence-electron chi connectivity index (χ1n) is 6.64. The molecule has 2 aromatic heterocycles. The number of pyridine rings is 1. The quantitative estimate of drug-likeness (QED) is 0.917. The van der Waals surface area contributed by atoms with Gasteiger partial charge < -0.3 is 10.0 Å². The van der Waals surface area contributed by atoms with Gasteiger partial charge in [-0.15, -0.1) is 11.3 Å². The fourth-order valence-corrected chi connectivity index (χ4v) is 3.02. The van der Waals surface area contributed by atoms with Crippen molar-refractivity contribution in [2.45, 2.75) is 32.4 Å². The maximum atomic E-state index is 11.0. The van der Waals surface area contributed by atoms with E-state index in [1.165, 1.54) is 23.9 Å². The van der Waals surface area contributed by atoms with Crippen LogP contribution in [0.25, 0.3) is 0 Å². The maximum Gasteiger partial charge on any atom is 0.337 e. The number of thiophene rings is 1. The van der Waals surface area contributed by atoms with E-state index < -0.39 is 5.97 Å². The second-order valence-corrected chi connectivity index (χ2v) is 6.14. The Kier molecular flexibility index (Phi) is 3.44. The van der Waals surface area contributed by atoms with Crippen LogP contribution >= 0.6 is 11.3 Å². The van der Waals surface area contributed by atoms with E-state index in [4.69, 9.17) is 5.11 Å². The van der Waals surface area contributed by atoms with Crippen molar-refractivity contribution in [3.63, 3.8) is 0 Å². The minimum atomic E-state index is -0.927. The van der Waals surface area contributed by atoms with Gasteiger partial charge in [0.2, 0.25) is 0 Å². The summed E-state index contributed by atoms with van der Waals surface area (Å²) in [5.74, 6) is -0.0192. The second kappa shape index (κ2) is 5.25. The maximum absolute atomic E-state index is 11.0. The van der Waals surface area contributed by atoms with Gasteiger partial charge in [-0.05, 0) is 42.8 Å². The lowest BCUT2D eigenvalue weighted by molar-refractivity contribution is 0.0696. The largest absolute Gasteiger partial charge is 0.478 e. The van der Waals surface area contributed by atoms with E-state index >= 15 is 0 Å². The molecule has 0 bridgehead atoms. The molecule has 2 heterocycles. The highest BCUT2D eigenvalue weighted by Gasteiger charge is 2.31. The molecule has 104 valence electrons. The summed E-state index contributed by atoms with van der Waals surface area (Å²) >= 11 is 1.74. The zero-order valence-corrected chi connectivity index (χ0v) is 12.1. The fraction of sp³-hybridized carbons (Fsp3) is 0.333. The molecule has 1 fully saturated rings. The van der Waals surface area contributed by atoms with Gasteiger partial charge in [-0.3, -0.25) is 0 Å². The molecule has 4 nitrogen and oxygen atoms in total. The van der Waals surface area contributed by atoms with Crippen molar-refractivity contribution < 1.29 is 9.90 Å². The van der Waals surface area contributed by atoms with Crippen molar-refractivity contribution in [3.05, 3.63) is 45.8 Å². The monoisotopic (exact) mass is 288 g/mol. The molecule has 1 N–H and O–H groups in total. The van der Waals surface area contributed by atoms with Gasteiger partial charge in [0.05, 0.1) is 12.1 Å². The average molecular weight is 288 g/mol. The third-order valence-electron chi connectivity index (χ3n) is 3.46.